The fourth-order valence-electron chi connectivity index (χ4n) is 3.74. The van der Waals surface area contributed by atoms with Crippen molar-refractivity contribution in [3.8, 4) is 0 Å². The molecule has 0 unspecified atom stereocenters. The molecule has 29 heavy (non-hydrogen) atoms. The van der Waals surface area contributed by atoms with Crippen LogP contribution in [0.3, 0.4) is 0 Å². The summed E-state index contributed by atoms with van der Waals surface area (Å²) in [5.74, 6) is 2.45. The van der Waals surface area contributed by atoms with Gasteiger partial charge in [-0.25, -0.2) is 0 Å². The van der Waals surface area contributed by atoms with Crippen LogP contribution in [0.1, 0.15) is 75.2 Å². The van der Waals surface area contributed by atoms with E-state index in [4.69, 9.17) is 4.52 Å². The number of aromatic nitrogens is 2. The predicted octanol–water partition coefficient (Wildman–Crippen LogP) is 4.06. The molecular weight excluding hydrogens is 364 g/mol. The van der Waals surface area contributed by atoms with Gasteiger partial charge in [0.15, 0.2) is 5.82 Å². The Morgan fingerprint density at radius 3 is 2.72 bits per heavy atom. The molecule has 2 heterocycles. The average Bonchev–Trinajstić information content (AvgIpc) is 3.17. The van der Waals surface area contributed by atoms with E-state index in [0.717, 1.165) is 23.9 Å². The third kappa shape index (κ3) is 6.96. The summed E-state index contributed by atoms with van der Waals surface area (Å²) in [5.41, 5.74) is 2.47. The topological polar surface area (TPSA) is 71.3 Å². The summed E-state index contributed by atoms with van der Waals surface area (Å²) in [6, 6.07) is 8.61. The molecule has 0 aliphatic carbocycles. The molecule has 0 bridgehead atoms. The van der Waals surface area contributed by atoms with Crippen LogP contribution in [-0.4, -0.2) is 34.0 Å². The zero-order chi connectivity index (χ0) is 20.6. The summed E-state index contributed by atoms with van der Waals surface area (Å²) in [7, 11) is 0. The molecule has 1 N–H and O–H groups in total. The van der Waals surface area contributed by atoms with Crippen molar-refractivity contribution in [2.75, 3.05) is 13.1 Å². The van der Waals surface area contributed by atoms with E-state index in [1.54, 1.807) is 0 Å². The van der Waals surface area contributed by atoms with Crippen molar-refractivity contribution in [1.82, 2.24) is 20.4 Å². The van der Waals surface area contributed by atoms with Crippen molar-refractivity contribution >= 4 is 5.91 Å². The first-order valence-electron chi connectivity index (χ1n) is 10.9. The Balaban J connectivity index is 1.35. The van der Waals surface area contributed by atoms with Gasteiger partial charge in [0, 0.05) is 38.4 Å². The second kappa shape index (κ2) is 10.5. The van der Waals surface area contributed by atoms with Crippen LogP contribution in [0.2, 0.25) is 0 Å². The molecule has 6 heteroatoms. The van der Waals surface area contributed by atoms with Crippen molar-refractivity contribution in [3.05, 3.63) is 47.1 Å². The molecule has 1 aliphatic rings. The second-order valence-corrected chi connectivity index (χ2v) is 8.63. The number of piperidine rings is 1. The molecule has 0 radical (unpaired) electrons. The number of nitrogens with zero attached hydrogens (tertiary/aromatic N) is 3. The Labute approximate surface area is 174 Å². The molecule has 1 aliphatic heterocycles. The molecule has 2 aromatic rings. The van der Waals surface area contributed by atoms with E-state index in [9.17, 15) is 4.79 Å². The predicted molar refractivity (Wildman–Crippen MR) is 113 cm³/mol. The van der Waals surface area contributed by atoms with E-state index in [2.05, 4.69) is 51.5 Å². The molecule has 6 nitrogen and oxygen atoms in total. The van der Waals surface area contributed by atoms with Gasteiger partial charge < -0.3 is 9.84 Å². The molecule has 158 valence electrons. The average molecular weight is 399 g/mol. The van der Waals surface area contributed by atoms with Crippen molar-refractivity contribution < 1.29 is 9.32 Å². The van der Waals surface area contributed by atoms with Crippen molar-refractivity contribution in [2.24, 2.45) is 5.92 Å². The van der Waals surface area contributed by atoms with Crippen LogP contribution in [0, 0.1) is 5.92 Å². The largest absolute Gasteiger partial charge is 0.352 e. The van der Waals surface area contributed by atoms with Crippen LogP contribution in [0.25, 0.3) is 0 Å². The lowest BCUT2D eigenvalue weighted by Crippen LogP contribution is -2.33. The molecule has 1 amide bonds. The Hall–Kier alpha value is -2.21. The number of rotatable bonds is 9. The van der Waals surface area contributed by atoms with Crippen LogP contribution >= 0.6 is 0 Å². The number of carbonyl (C=O) groups excluding carboxylic acids is 1. The molecule has 1 aromatic heterocycles. The van der Waals surface area contributed by atoms with Gasteiger partial charge in [0.05, 0.1) is 0 Å². The Morgan fingerprint density at radius 1 is 1.28 bits per heavy atom. The van der Waals surface area contributed by atoms with Crippen molar-refractivity contribution in [1.29, 1.82) is 0 Å². The first-order valence-corrected chi connectivity index (χ1v) is 10.9. The maximum atomic E-state index is 12.1. The fraction of sp³-hybridized carbons (Fsp3) is 0.609. The van der Waals surface area contributed by atoms with Crippen molar-refractivity contribution in [3.63, 3.8) is 0 Å². The third-order valence-corrected chi connectivity index (χ3v) is 5.45. The maximum Gasteiger partial charge on any atom is 0.226 e. The van der Waals surface area contributed by atoms with Crippen LogP contribution in [0.15, 0.2) is 28.8 Å². The minimum Gasteiger partial charge on any atom is -0.352 e. The standard InChI is InChI=1S/C23H34N4O2/c1-17(2)23-25-22(29-26-23)8-4-7-21(28)24-14-19-9-11-20(12-10-19)16-27-13-5-6-18(3)15-27/h9-12,17-18H,4-8,13-16H2,1-3H3,(H,24,28)/t18-/m1/s1. The van der Waals surface area contributed by atoms with E-state index >= 15 is 0 Å². The van der Waals surface area contributed by atoms with Crippen LogP contribution in [0.4, 0.5) is 0 Å². The highest BCUT2D eigenvalue weighted by Gasteiger charge is 2.16. The summed E-state index contributed by atoms with van der Waals surface area (Å²) < 4.78 is 5.21. The number of carbonyl (C=O) groups is 1. The van der Waals surface area contributed by atoms with E-state index in [-0.39, 0.29) is 11.8 Å². The van der Waals surface area contributed by atoms with Crippen LogP contribution in [-0.2, 0) is 24.3 Å². The normalized spacial score (nSPS) is 17.6. The SMILES string of the molecule is CC(C)c1noc(CCCC(=O)NCc2ccc(CN3CCC[C@@H](C)C3)cc2)n1. The minimum absolute atomic E-state index is 0.0555. The molecule has 3 rings (SSSR count). The molecule has 0 saturated carbocycles. The lowest BCUT2D eigenvalue weighted by atomic mass is 9.99. The molecule has 1 aromatic carbocycles. The fourth-order valence-corrected chi connectivity index (χ4v) is 3.74. The first kappa shape index (κ1) is 21.5. The van der Waals surface area contributed by atoms with Gasteiger partial charge in [-0.05, 0) is 42.9 Å². The Bertz CT molecular complexity index is 769. The zero-order valence-corrected chi connectivity index (χ0v) is 18.0. The highest BCUT2D eigenvalue weighted by atomic mass is 16.5. The highest BCUT2D eigenvalue weighted by Crippen LogP contribution is 2.18. The van der Waals surface area contributed by atoms with Gasteiger partial charge in [0.1, 0.15) is 0 Å². The van der Waals surface area contributed by atoms with E-state index in [0.29, 0.717) is 31.7 Å². The lowest BCUT2D eigenvalue weighted by molar-refractivity contribution is -0.121. The van der Waals surface area contributed by atoms with Gasteiger partial charge in [0.2, 0.25) is 11.8 Å². The number of hydrogen-bond acceptors (Lipinski definition) is 5. The number of benzene rings is 1. The lowest BCUT2D eigenvalue weighted by Gasteiger charge is -2.30. The van der Waals surface area contributed by atoms with Crippen LogP contribution in [0.5, 0.6) is 0 Å². The maximum absolute atomic E-state index is 12.1. The van der Waals surface area contributed by atoms with Gasteiger partial charge in [0.25, 0.3) is 0 Å². The first-order chi connectivity index (χ1) is 14.0. The number of hydrogen-bond donors (Lipinski definition) is 1. The summed E-state index contributed by atoms with van der Waals surface area (Å²) in [4.78, 5) is 19.0. The molecular formula is C23H34N4O2. The molecule has 1 fully saturated rings. The number of aryl methyl sites for hydroxylation is 1. The number of amides is 1. The molecule has 1 saturated heterocycles. The second-order valence-electron chi connectivity index (χ2n) is 8.63. The quantitative estimate of drug-likeness (QED) is 0.690. The number of nitrogens with one attached hydrogen (secondary N) is 1. The monoisotopic (exact) mass is 398 g/mol. The summed E-state index contributed by atoms with van der Waals surface area (Å²) in [5, 5.41) is 6.95. The Kier molecular flexibility index (Phi) is 7.81. The third-order valence-electron chi connectivity index (χ3n) is 5.45. The van der Waals surface area contributed by atoms with E-state index in [1.165, 1.54) is 31.5 Å². The van der Waals surface area contributed by atoms with E-state index in [1.807, 2.05) is 13.8 Å². The van der Waals surface area contributed by atoms with Gasteiger partial charge in [-0.2, -0.15) is 4.98 Å². The molecule has 1 atom stereocenters. The summed E-state index contributed by atoms with van der Waals surface area (Å²) >= 11 is 0. The van der Waals surface area contributed by atoms with Gasteiger partial charge in [-0.1, -0.05) is 50.2 Å². The Morgan fingerprint density at radius 2 is 2.03 bits per heavy atom. The van der Waals surface area contributed by atoms with Gasteiger partial charge >= 0.3 is 0 Å². The highest BCUT2D eigenvalue weighted by molar-refractivity contribution is 5.75. The number of likely N-dealkylation sites (tertiary alicyclic amines) is 1. The van der Waals surface area contributed by atoms with Crippen LogP contribution < -0.4 is 5.32 Å². The zero-order valence-electron chi connectivity index (χ0n) is 18.0. The molecule has 0 spiro atoms. The van der Waals surface area contributed by atoms with E-state index < -0.39 is 0 Å². The van der Waals surface area contributed by atoms with Gasteiger partial charge in [-0.15, -0.1) is 0 Å². The summed E-state index contributed by atoms with van der Waals surface area (Å²) in [6.07, 6.45) is 4.46. The van der Waals surface area contributed by atoms with Crippen molar-refractivity contribution in [2.45, 2.75) is 71.9 Å². The minimum atomic E-state index is 0.0555. The smallest absolute Gasteiger partial charge is 0.226 e. The van der Waals surface area contributed by atoms with Gasteiger partial charge in [-0.3, -0.25) is 9.69 Å². The summed E-state index contributed by atoms with van der Waals surface area (Å²) in [6.45, 7) is 10.4.